The Morgan fingerprint density at radius 1 is 0.968 bits per heavy atom. The molecule has 2 aromatic rings. The van der Waals surface area contributed by atoms with E-state index in [9.17, 15) is 22.9 Å². The van der Waals surface area contributed by atoms with E-state index in [1.807, 2.05) is 53.7 Å². The summed E-state index contributed by atoms with van der Waals surface area (Å²) < 4.78 is 37.4. The second-order valence-corrected chi connectivity index (χ2v) is 11.1. The average Bonchev–Trinajstić information content (AvgIpc) is 2.63. The standard InChI is InChI=1S/C24H32O6S/c1-23(2,3)18-14-16(15-19(21(18)25)24(4,5)6)10-9-13-30-22(26)17-11-7-8-12-20(17)31(27,28)29/h7-8,11-12,14-15,25H,9-10,13H2,1-6H3,(H,27,28,29). The minimum atomic E-state index is -4.52. The SMILES string of the molecule is CC(C)(C)c1cc(CCCOC(=O)c2ccccc2S(=O)(=O)O)cc(C(C)(C)C)c1O. The number of ether oxygens (including phenoxy) is 1. The molecule has 0 spiro atoms. The van der Waals surface area contributed by atoms with Gasteiger partial charge in [0.25, 0.3) is 10.1 Å². The van der Waals surface area contributed by atoms with Crippen LogP contribution in [0, 0.1) is 0 Å². The summed E-state index contributed by atoms with van der Waals surface area (Å²) in [5.41, 5.74) is 2.11. The molecule has 0 aliphatic carbocycles. The molecule has 0 saturated heterocycles. The van der Waals surface area contributed by atoms with Gasteiger partial charge in [-0.2, -0.15) is 8.42 Å². The Morgan fingerprint density at radius 2 is 1.48 bits per heavy atom. The highest BCUT2D eigenvalue weighted by Gasteiger charge is 2.26. The van der Waals surface area contributed by atoms with Gasteiger partial charge in [0.05, 0.1) is 12.2 Å². The summed E-state index contributed by atoms with van der Waals surface area (Å²) >= 11 is 0. The van der Waals surface area contributed by atoms with Crippen molar-refractivity contribution in [2.24, 2.45) is 0 Å². The Morgan fingerprint density at radius 3 is 1.97 bits per heavy atom. The molecule has 0 heterocycles. The second-order valence-electron chi connectivity index (χ2n) is 9.75. The number of carbonyl (C=O) groups excluding carboxylic acids is 1. The summed E-state index contributed by atoms with van der Waals surface area (Å²) in [5.74, 6) is -0.485. The Bertz CT molecular complexity index is 1020. The molecule has 0 radical (unpaired) electrons. The van der Waals surface area contributed by atoms with Gasteiger partial charge in [-0.1, -0.05) is 65.8 Å². The molecule has 0 saturated carbocycles. The highest BCUT2D eigenvalue weighted by molar-refractivity contribution is 7.86. The van der Waals surface area contributed by atoms with Gasteiger partial charge in [0.2, 0.25) is 0 Å². The van der Waals surface area contributed by atoms with Gasteiger partial charge in [-0.15, -0.1) is 0 Å². The van der Waals surface area contributed by atoms with Gasteiger partial charge in [-0.3, -0.25) is 4.55 Å². The smallest absolute Gasteiger partial charge is 0.339 e. The molecule has 0 bridgehead atoms. The zero-order valence-corrected chi connectivity index (χ0v) is 19.8. The van der Waals surface area contributed by atoms with E-state index in [4.69, 9.17) is 4.74 Å². The van der Waals surface area contributed by atoms with Crippen molar-refractivity contribution in [2.45, 2.75) is 70.1 Å². The van der Waals surface area contributed by atoms with Crippen LogP contribution in [0.2, 0.25) is 0 Å². The van der Waals surface area contributed by atoms with Crippen molar-refractivity contribution in [3.63, 3.8) is 0 Å². The highest BCUT2D eigenvalue weighted by atomic mass is 32.2. The molecule has 0 aromatic heterocycles. The lowest BCUT2D eigenvalue weighted by Crippen LogP contribution is -2.18. The maximum Gasteiger partial charge on any atom is 0.339 e. The quantitative estimate of drug-likeness (QED) is 0.365. The molecule has 2 aromatic carbocycles. The first-order chi connectivity index (χ1) is 14.1. The van der Waals surface area contributed by atoms with E-state index in [2.05, 4.69) is 0 Å². The molecule has 0 fully saturated rings. The minimum absolute atomic E-state index is 0.0925. The van der Waals surface area contributed by atoms with Gasteiger partial charge in [0, 0.05) is 0 Å². The van der Waals surface area contributed by atoms with Crippen molar-refractivity contribution in [1.82, 2.24) is 0 Å². The fourth-order valence-corrected chi connectivity index (χ4v) is 4.04. The van der Waals surface area contributed by atoms with E-state index in [1.165, 1.54) is 18.2 Å². The van der Waals surface area contributed by atoms with Crippen LogP contribution in [0.1, 0.15) is 75.0 Å². The number of hydrogen-bond acceptors (Lipinski definition) is 5. The minimum Gasteiger partial charge on any atom is -0.507 e. The zero-order valence-electron chi connectivity index (χ0n) is 19.0. The average molecular weight is 449 g/mol. The molecule has 2 rings (SSSR count). The van der Waals surface area contributed by atoms with E-state index in [0.717, 1.165) is 22.8 Å². The molecule has 170 valence electrons. The normalized spacial score (nSPS) is 12.6. The first-order valence-electron chi connectivity index (χ1n) is 10.2. The van der Waals surface area contributed by atoms with Crippen molar-refractivity contribution in [1.29, 1.82) is 0 Å². The molecular weight excluding hydrogens is 416 g/mol. The largest absolute Gasteiger partial charge is 0.507 e. The third-order valence-corrected chi connectivity index (χ3v) is 5.93. The predicted molar refractivity (Wildman–Crippen MR) is 120 cm³/mol. The van der Waals surface area contributed by atoms with Crippen molar-refractivity contribution in [3.8, 4) is 5.75 Å². The van der Waals surface area contributed by atoms with Crippen LogP contribution in [0.4, 0.5) is 0 Å². The van der Waals surface area contributed by atoms with Crippen LogP contribution in [0.25, 0.3) is 0 Å². The topological polar surface area (TPSA) is 101 Å². The molecule has 31 heavy (non-hydrogen) atoms. The molecule has 0 aliphatic heterocycles. The highest BCUT2D eigenvalue weighted by Crippen LogP contribution is 2.40. The number of phenols is 1. The number of rotatable bonds is 6. The third-order valence-electron chi connectivity index (χ3n) is 5.01. The van der Waals surface area contributed by atoms with E-state index in [0.29, 0.717) is 18.6 Å². The van der Waals surface area contributed by atoms with Gasteiger partial charge in [-0.25, -0.2) is 4.79 Å². The molecular formula is C24H32O6S. The summed E-state index contributed by atoms with van der Waals surface area (Å²) in [6.45, 7) is 12.4. The summed E-state index contributed by atoms with van der Waals surface area (Å²) in [5, 5.41) is 10.8. The second kappa shape index (κ2) is 9.01. The van der Waals surface area contributed by atoms with Gasteiger partial charge in [0.15, 0.2) is 0 Å². The Kier molecular flexibility index (Phi) is 7.23. The monoisotopic (exact) mass is 448 g/mol. The first-order valence-corrected chi connectivity index (χ1v) is 11.7. The molecule has 7 heteroatoms. The van der Waals surface area contributed by atoms with E-state index in [1.54, 1.807) is 0 Å². The number of aryl methyl sites for hydroxylation is 1. The predicted octanol–water partition coefficient (Wildman–Crippen LogP) is 5.02. The summed E-state index contributed by atoms with van der Waals surface area (Å²) in [7, 11) is -4.52. The van der Waals surface area contributed by atoms with Crippen LogP contribution in [-0.2, 0) is 32.1 Å². The molecule has 0 amide bonds. The van der Waals surface area contributed by atoms with Crippen LogP contribution >= 0.6 is 0 Å². The molecule has 0 unspecified atom stereocenters. The lowest BCUT2D eigenvalue weighted by Gasteiger charge is -2.28. The van der Waals surface area contributed by atoms with Crippen molar-refractivity contribution in [3.05, 3.63) is 58.7 Å². The van der Waals surface area contributed by atoms with Gasteiger partial charge < -0.3 is 9.84 Å². The van der Waals surface area contributed by atoms with E-state index in [-0.39, 0.29) is 23.0 Å². The number of hydrogen-bond donors (Lipinski definition) is 2. The number of benzene rings is 2. The Balaban J connectivity index is 2.14. The first kappa shape index (κ1) is 24.9. The zero-order chi connectivity index (χ0) is 23.6. The summed E-state index contributed by atoms with van der Waals surface area (Å²) in [6.07, 6.45) is 1.15. The van der Waals surface area contributed by atoms with Crippen molar-refractivity contribution in [2.75, 3.05) is 6.61 Å². The van der Waals surface area contributed by atoms with Crippen LogP contribution in [-0.4, -0.2) is 30.7 Å². The van der Waals surface area contributed by atoms with Crippen molar-refractivity contribution >= 4 is 16.1 Å². The van der Waals surface area contributed by atoms with Crippen LogP contribution in [0.3, 0.4) is 0 Å². The molecule has 0 aliphatic rings. The molecule has 0 atom stereocenters. The summed E-state index contributed by atoms with van der Waals surface area (Å²) in [4.78, 5) is 11.8. The Labute approximate surface area is 185 Å². The van der Waals surface area contributed by atoms with E-state index < -0.39 is 21.0 Å². The van der Waals surface area contributed by atoms with Crippen LogP contribution < -0.4 is 0 Å². The van der Waals surface area contributed by atoms with Gasteiger partial charge in [-0.05, 0) is 52.5 Å². The molecule has 6 nitrogen and oxygen atoms in total. The fraction of sp³-hybridized carbons (Fsp3) is 0.458. The lowest BCUT2D eigenvalue weighted by molar-refractivity contribution is 0.0495. The van der Waals surface area contributed by atoms with Crippen molar-refractivity contribution < 1.29 is 27.6 Å². The van der Waals surface area contributed by atoms with E-state index >= 15 is 0 Å². The maximum atomic E-state index is 12.3. The summed E-state index contributed by atoms with van der Waals surface area (Å²) in [6, 6.07) is 9.36. The fourth-order valence-electron chi connectivity index (χ4n) is 3.36. The number of esters is 1. The number of carbonyl (C=O) groups is 1. The number of phenolic OH excluding ortho intramolecular Hbond substituents is 1. The third kappa shape index (κ3) is 6.31. The Hall–Kier alpha value is -2.38. The maximum absolute atomic E-state index is 12.3. The van der Waals surface area contributed by atoms with Crippen LogP contribution in [0.15, 0.2) is 41.3 Å². The van der Waals surface area contributed by atoms with Gasteiger partial charge >= 0.3 is 5.97 Å². The lowest BCUT2D eigenvalue weighted by atomic mass is 9.78. The molecule has 2 N–H and O–H groups in total. The van der Waals surface area contributed by atoms with Gasteiger partial charge in [0.1, 0.15) is 10.6 Å². The van der Waals surface area contributed by atoms with Crippen LogP contribution in [0.5, 0.6) is 5.75 Å². The number of aromatic hydroxyl groups is 1.